The normalized spacial score (nSPS) is 16.0. The lowest BCUT2D eigenvalue weighted by Gasteiger charge is -2.36. The van der Waals surface area contributed by atoms with Crippen LogP contribution in [-0.4, -0.2) is 35.5 Å². The molecular weight excluding hydrogens is 266 g/mol. The third kappa shape index (κ3) is 6.49. The van der Waals surface area contributed by atoms with Crippen LogP contribution in [0, 0.1) is 5.92 Å². The van der Waals surface area contributed by atoms with Crippen molar-refractivity contribution in [2.24, 2.45) is 5.92 Å². The predicted octanol–water partition coefficient (Wildman–Crippen LogP) is 3.54. The Morgan fingerprint density at radius 3 is 2.29 bits per heavy atom. The number of rotatable bonds is 7. The van der Waals surface area contributed by atoms with E-state index in [1.807, 2.05) is 25.7 Å². The Kier molecular flexibility index (Phi) is 7.20. The predicted molar refractivity (Wildman–Crippen MR) is 83.9 cm³/mol. The van der Waals surface area contributed by atoms with E-state index < -0.39 is 0 Å². The molecule has 21 heavy (non-hydrogen) atoms. The molecule has 1 aliphatic carbocycles. The molecule has 1 aliphatic rings. The number of ether oxygens (including phenoxy) is 1. The minimum atomic E-state index is -0.251. The number of hydrogen-bond acceptors (Lipinski definition) is 3. The molecule has 0 bridgehead atoms. The van der Waals surface area contributed by atoms with Gasteiger partial charge in [-0.2, -0.15) is 0 Å². The second-order valence-corrected chi connectivity index (χ2v) is 6.96. The zero-order valence-corrected chi connectivity index (χ0v) is 14.1. The van der Waals surface area contributed by atoms with Gasteiger partial charge in [0.1, 0.15) is 0 Å². The van der Waals surface area contributed by atoms with E-state index in [1.165, 1.54) is 25.7 Å². The minimum absolute atomic E-state index is 0.165. The molecule has 0 N–H and O–H groups in total. The van der Waals surface area contributed by atoms with Gasteiger partial charge in [0.05, 0.1) is 13.0 Å². The zero-order valence-electron chi connectivity index (χ0n) is 14.1. The number of amides is 1. The first kappa shape index (κ1) is 18.0. The monoisotopic (exact) mass is 297 g/mol. The third-order valence-corrected chi connectivity index (χ3v) is 4.20. The summed E-state index contributed by atoms with van der Waals surface area (Å²) in [5, 5.41) is 0. The van der Waals surface area contributed by atoms with Crippen molar-refractivity contribution in [2.75, 3.05) is 13.2 Å². The van der Waals surface area contributed by atoms with Crippen molar-refractivity contribution < 1.29 is 14.3 Å². The van der Waals surface area contributed by atoms with Crippen molar-refractivity contribution in [2.45, 2.75) is 78.2 Å². The van der Waals surface area contributed by atoms with E-state index >= 15 is 0 Å². The lowest BCUT2D eigenvalue weighted by atomic mass is 9.99. The molecule has 0 radical (unpaired) electrons. The number of hydrogen-bond donors (Lipinski definition) is 0. The van der Waals surface area contributed by atoms with Gasteiger partial charge >= 0.3 is 5.97 Å². The molecule has 0 aromatic heterocycles. The zero-order chi connectivity index (χ0) is 15.9. The number of nitrogens with zero attached hydrogens (tertiary/aromatic N) is 1. The fourth-order valence-electron chi connectivity index (χ4n) is 3.03. The number of esters is 1. The number of carbonyl (C=O) groups is 2. The summed E-state index contributed by atoms with van der Waals surface area (Å²) >= 11 is 0. The molecule has 122 valence electrons. The van der Waals surface area contributed by atoms with Crippen LogP contribution in [0.15, 0.2) is 0 Å². The molecule has 0 unspecified atom stereocenters. The van der Waals surface area contributed by atoms with Gasteiger partial charge in [-0.3, -0.25) is 9.59 Å². The van der Waals surface area contributed by atoms with Crippen LogP contribution < -0.4 is 0 Å². The highest BCUT2D eigenvalue weighted by Crippen LogP contribution is 2.29. The Bertz CT molecular complexity index is 340. The Morgan fingerprint density at radius 1 is 1.14 bits per heavy atom. The third-order valence-electron chi connectivity index (χ3n) is 4.20. The molecule has 0 atom stereocenters. The first-order valence-electron chi connectivity index (χ1n) is 8.30. The topological polar surface area (TPSA) is 46.6 Å². The van der Waals surface area contributed by atoms with Crippen LogP contribution in [-0.2, 0) is 14.3 Å². The fraction of sp³-hybridized carbons (Fsp3) is 0.882. The van der Waals surface area contributed by atoms with Crippen LogP contribution in [0.2, 0.25) is 0 Å². The van der Waals surface area contributed by atoms with E-state index in [-0.39, 0.29) is 23.8 Å². The molecule has 0 saturated heterocycles. The van der Waals surface area contributed by atoms with Crippen LogP contribution in [0.4, 0.5) is 0 Å². The summed E-state index contributed by atoms with van der Waals surface area (Å²) in [5.74, 6) is 0.662. The van der Waals surface area contributed by atoms with Gasteiger partial charge in [-0.05, 0) is 40.0 Å². The highest BCUT2D eigenvalue weighted by molar-refractivity contribution is 5.78. The summed E-state index contributed by atoms with van der Waals surface area (Å²) in [5.41, 5.74) is -0.251. The molecule has 1 rings (SSSR count). The summed E-state index contributed by atoms with van der Waals surface area (Å²) in [6.45, 7) is 8.70. The summed E-state index contributed by atoms with van der Waals surface area (Å²) in [6.07, 6.45) is 7.03. The maximum atomic E-state index is 12.5. The molecule has 0 heterocycles. The second kappa shape index (κ2) is 8.40. The summed E-state index contributed by atoms with van der Waals surface area (Å²) in [6, 6.07) is 0. The van der Waals surface area contributed by atoms with Gasteiger partial charge in [-0.1, -0.05) is 25.7 Å². The Balaban J connectivity index is 2.47. The molecular formula is C17H31NO3. The van der Waals surface area contributed by atoms with E-state index in [1.54, 1.807) is 6.92 Å². The van der Waals surface area contributed by atoms with Gasteiger partial charge in [-0.15, -0.1) is 0 Å². The Morgan fingerprint density at radius 2 is 1.76 bits per heavy atom. The van der Waals surface area contributed by atoms with Crippen molar-refractivity contribution in [3.63, 3.8) is 0 Å². The molecule has 1 fully saturated rings. The van der Waals surface area contributed by atoms with E-state index in [2.05, 4.69) is 0 Å². The Labute approximate surface area is 129 Å². The summed E-state index contributed by atoms with van der Waals surface area (Å²) < 4.78 is 4.95. The van der Waals surface area contributed by atoms with Crippen molar-refractivity contribution in [1.82, 2.24) is 4.90 Å². The highest BCUT2D eigenvalue weighted by atomic mass is 16.5. The number of carbonyl (C=O) groups excluding carboxylic acids is 2. The molecule has 0 spiro atoms. The van der Waals surface area contributed by atoms with Gasteiger partial charge in [0.25, 0.3) is 0 Å². The van der Waals surface area contributed by atoms with Crippen LogP contribution in [0.3, 0.4) is 0 Å². The molecule has 0 aromatic carbocycles. The standard InChI is InChI=1S/C17H31NO3/c1-5-21-16(20)12-13-18(17(2,3)4)15(19)11-10-14-8-6-7-9-14/h14H,5-13H2,1-4H3. The van der Waals surface area contributed by atoms with Crippen molar-refractivity contribution >= 4 is 11.9 Å². The lowest BCUT2D eigenvalue weighted by Crippen LogP contribution is -2.46. The van der Waals surface area contributed by atoms with Gasteiger partial charge in [0.2, 0.25) is 5.91 Å². The highest BCUT2D eigenvalue weighted by Gasteiger charge is 2.27. The summed E-state index contributed by atoms with van der Waals surface area (Å²) in [7, 11) is 0. The van der Waals surface area contributed by atoms with Crippen LogP contribution >= 0.6 is 0 Å². The molecule has 0 aliphatic heterocycles. The smallest absolute Gasteiger partial charge is 0.307 e. The SMILES string of the molecule is CCOC(=O)CCN(C(=O)CCC1CCCC1)C(C)(C)C. The van der Waals surface area contributed by atoms with Gasteiger partial charge in [0.15, 0.2) is 0 Å². The van der Waals surface area contributed by atoms with Crippen LogP contribution in [0.1, 0.15) is 72.6 Å². The maximum absolute atomic E-state index is 12.5. The first-order chi connectivity index (χ1) is 9.84. The quantitative estimate of drug-likeness (QED) is 0.675. The van der Waals surface area contributed by atoms with Crippen molar-refractivity contribution in [3.05, 3.63) is 0 Å². The molecule has 1 saturated carbocycles. The van der Waals surface area contributed by atoms with E-state index in [4.69, 9.17) is 4.74 Å². The average molecular weight is 297 g/mol. The minimum Gasteiger partial charge on any atom is -0.466 e. The average Bonchev–Trinajstić information content (AvgIpc) is 2.88. The molecule has 0 aromatic rings. The molecule has 1 amide bonds. The summed E-state index contributed by atoms with van der Waals surface area (Å²) in [4.78, 5) is 25.8. The maximum Gasteiger partial charge on any atom is 0.307 e. The van der Waals surface area contributed by atoms with Crippen molar-refractivity contribution in [1.29, 1.82) is 0 Å². The largest absolute Gasteiger partial charge is 0.466 e. The Hall–Kier alpha value is -1.06. The first-order valence-corrected chi connectivity index (χ1v) is 8.30. The van der Waals surface area contributed by atoms with E-state index in [0.29, 0.717) is 19.6 Å². The van der Waals surface area contributed by atoms with E-state index in [9.17, 15) is 9.59 Å². The lowest BCUT2D eigenvalue weighted by molar-refractivity contribution is -0.145. The van der Waals surface area contributed by atoms with Gasteiger partial charge in [0, 0.05) is 18.5 Å². The molecule has 4 nitrogen and oxygen atoms in total. The van der Waals surface area contributed by atoms with Crippen LogP contribution in [0.5, 0.6) is 0 Å². The van der Waals surface area contributed by atoms with Crippen molar-refractivity contribution in [3.8, 4) is 0 Å². The second-order valence-electron chi connectivity index (χ2n) is 6.96. The van der Waals surface area contributed by atoms with Gasteiger partial charge in [-0.25, -0.2) is 0 Å². The fourth-order valence-corrected chi connectivity index (χ4v) is 3.03. The van der Waals surface area contributed by atoms with E-state index in [0.717, 1.165) is 12.3 Å². The van der Waals surface area contributed by atoms with Gasteiger partial charge < -0.3 is 9.64 Å². The van der Waals surface area contributed by atoms with Crippen LogP contribution in [0.25, 0.3) is 0 Å². The molecule has 4 heteroatoms.